The number of anilines is 1. The van der Waals surface area contributed by atoms with Crippen molar-refractivity contribution in [3.05, 3.63) is 69.6 Å². The molecule has 2 heterocycles. The number of rotatable bonds is 1. The fourth-order valence-electron chi connectivity index (χ4n) is 4.70. The average molecular weight is 415 g/mol. The maximum absolute atomic E-state index is 11.1. The molecule has 0 unspecified atom stereocenters. The number of nitrogens with one attached hydrogen (secondary N) is 1. The molecular formula is C27H30N2O2. The molecule has 0 saturated carbocycles. The molecule has 0 amide bonds. The Morgan fingerprint density at radius 1 is 1.10 bits per heavy atom. The Balaban J connectivity index is 2.03. The molecular weight excluding hydrogens is 384 g/mol. The maximum atomic E-state index is 11.1. The zero-order valence-corrected chi connectivity index (χ0v) is 19.3. The number of nitrogens with zero attached hydrogens (tertiary/aromatic N) is 1. The molecule has 0 saturated heterocycles. The van der Waals surface area contributed by atoms with Crippen molar-refractivity contribution in [3.63, 3.8) is 0 Å². The molecule has 0 radical (unpaired) electrons. The minimum Gasteiger partial charge on any atom is -0.390 e. The zero-order chi connectivity index (χ0) is 22.5. The van der Waals surface area contributed by atoms with Crippen LogP contribution in [-0.2, 0) is 0 Å². The van der Waals surface area contributed by atoms with E-state index in [0.29, 0.717) is 0 Å². The number of aliphatic hydroxyl groups excluding tert-OH is 1. The van der Waals surface area contributed by atoms with Crippen molar-refractivity contribution in [1.82, 2.24) is 5.16 Å². The van der Waals surface area contributed by atoms with Gasteiger partial charge in [-0.15, -0.1) is 0 Å². The van der Waals surface area contributed by atoms with Gasteiger partial charge in [-0.2, -0.15) is 0 Å². The lowest BCUT2D eigenvalue weighted by Crippen LogP contribution is -2.50. The Bertz CT molecular complexity index is 1200. The normalized spacial score (nSPS) is 19.2. The van der Waals surface area contributed by atoms with Crippen molar-refractivity contribution < 1.29 is 9.63 Å². The summed E-state index contributed by atoms with van der Waals surface area (Å²) in [6.07, 6.45) is -0.543. The zero-order valence-electron chi connectivity index (χ0n) is 19.3. The van der Waals surface area contributed by atoms with Gasteiger partial charge >= 0.3 is 0 Å². The first-order valence-corrected chi connectivity index (χ1v) is 10.8. The Morgan fingerprint density at radius 3 is 2.48 bits per heavy atom. The Morgan fingerprint density at radius 2 is 1.84 bits per heavy atom. The van der Waals surface area contributed by atoms with Crippen molar-refractivity contribution in [3.8, 4) is 23.0 Å². The number of benzene rings is 2. The first-order chi connectivity index (χ1) is 14.6. The Labute approximate surface area is 184 Å². The van der Waals surface area contributed by atoms with Gasteiger partial charge in [0.05, 0.1) is 17.3 Å². The third-order valence-electron chi connectivity index (χ3n) is 6.33. The molecule has 1 aliphatic heterocycles. The van der Waals surface area contributed by atoms with Gasteiger partial charge < -0.3 is 14.9 Å². The minimum atomic E-state index is -0.543. The molecule has 4 heteroatoms. The first-order valence-electron chi connectivity index (χ1n) is 10.8. The number of aryl methyl sites for hydroxylation is 4. The number of hydrogen-bond acceptors (Lipinski definition) is 4. The molecule has 4 nitrogen and oxygen atoms in total. The van der Waals surface area contributed by atoms with Gasteiger partial charge in [-0.05, 0) is 76.4 Å². The number of hydrogen-bond donors (Lipinski definition) is 2. The van der Waals surface area contributed by atoms with Crippen molar-refractivity contribution in [2.75, 3.05) is 5.32 Å². The van der Waals surface area contributed by atoms with Gasteiger partial charge in [0, 0.05) is 33.9 Å². The fourth-order valence-corrected chi connectivity index (χ4v) is 4.70. The summed E-state index contributed by atoms with van der Waals surface area (Å²) in [5.74, 6) is 7.52. The predicted molar refractivity (Wildman–Crippen MR) is 125 cm³/mol. The third kappa shape index (κ3) is 3.64. The van der Waals surface area contributed by atoms with Crippen LogP contribution >= 0.6 is 0 Å². The molecule has 4 rings (SSSR count). The molecule has 1 aliphatic rings. The summed E-state index contributed by atoms with van der Waals surface area (Å²) in [5.41, 5.74) is 8.71. The van der Waals surface area contributed by atoms with E-state index in [1.165, 1.54) is 5.56 Å². The van der Waals surface area contributed by atoms with E-state index in [-0.39, 0.29) is 5.92 Å². The fraction of sp³-hybridized carbons (Fsp3) is 0.370. The standard InChI is InChI=1S/C27H30N2O2/c1-15-9-8-10-20(13-15)11-12-21-22(24-18(4)29-31-19(24)5)14-16(2)25-23(21)17(3)26(30)27(6,7)28-25/h8-10,13-14,17,26,28,30H,1-7H3/t17-,26+/m0/s1. The molecule has 0 spiro atoms. The second-order valence-electron chi connectivity index (χ2n) is 9.30. The highest BCUT2D eigenvalue weighted by atomic mass is 16.5. The molecule has 160 valence electrons. The van der Waals surface area contributed by atoms with Gasteiger partial charge in [0.25, 0.3) is 0 Å². The second-order valence-corrected chi connectivity index (χ2v) is 9.30. The largest absolute Gasteiger partial charge is 0.390 e. The predicted octanol–water partition coefficient (Wildman–Crippen LogP) is 5.64. The van der Waals surface area contributed by atoms with E-state index in [1.54, 1.807) is 0 Å². The SMILES string of the molecule is Cc1cccc(C#Cc2c(-c3c(C)noc3C)cc(C)c3c2[C@H](C)[C@@H](O)C(C)(C)N3)c1. The van der Waals surface area contributed by atoms with E-state index in [4.69, 9.17) is 4.52 Å². The summed E-state index contributed by atoms with van der Waals surface area (Å²) < 4.78 is 5.48. The van der Waals surface area contributed by atoms with E-state index in [9.17, 15) is 5.11 Å². The van der Waals surface area contributed by atoms with Crippen LogP contribution in [0.4, 0.5) is 5.69 Å². The monoisotopic (exact) mass is 414 g/mol. The first kappa shape index (κ1) is 21.2. The van der Waals surface area contributed by atoms with Crippen LogP contribution in [-0.4, -0.2) is 21.9 Å². The van der Waals surface area contributed by atoms with Gasteiger partial charge in [0.1, 0.15) is 5.76 Å². The summed E-state index contributed by atoms with van der Waals surface area (Å²) in [4.78, 5) is 0. The van der Waals surface area contributed by atoms with Crippen LogP contribution in [0.1, 0.15) is 66.0 Å². The molecule has 0 bridgehead atoms. The highest BCUT2D eigenvalue weighted by Gasteiger charge is 2.41. The van der Waals surface area contributed by atoms with Gasteiger partial charge in [-0.1, -0.05) is 36.1 Å². The summed E-state index contributed by atoms with van der Waals surface area (Å²) >= 11 is 0. The highest BCUT2D eigenvalue weighted by Crippen LogP contribution is 2.46. The Kier molecular flexibility index (Phi) is 5.19. The summed E-state index contributed by atoms with van der Waals surface area (Å²) in [5, 5.41) is 18.8. The molecule has 2 aromatic carbocycles. The van der Waals surface area contributed by atoms with E-state index < -0.39 is 11.6 Å². The summed E-state index contributed by atoms with van der Waals surface area (Å²) in [6.45, 7) is 14.2. The molecule has 3 aromatic rings. The van der Waals surface area contributed by atoms with Crippen LogP contribution in [0.15, 0.2) is 34.9 Å². The number of aliphatic hydroxyl groups is 1. The summed E-state index contributed by atoms with van der Waals surface area (Å²) in [7, 11) is 0. The van der Waals surface area contributed by atoms with Crippen molar-refractivity contribution in [1.29, 1.82) is 0 Å². The third-order valence-corrected chi connectivity index (χ3v) is 6.33. The molecule has 0 aliphatic carbocycles. The van der Waals surface area contributed by atoms with Crippen LogP contribution < -0.4 is 5.32 Å². The smallest absolute Gasteiger partial charge is 0.141 e. The molecule has 0 fully saturated rings. The second kappa shape index (κ2) is 7.59. The van der Waals surface area contributed by atoms with Crippen molar-refractivity contribution in [2.24, 2.45) is 0 Å². The molecule has 1 aromatic heterocycles. The minimum absolute atomic E-state index is 0.0767. The van der Waals surface area contributed by atoms with E-state index in [0.717, 1.165) is 50.5 Å². The van der Waals surface area contributed by atoms with Gasteiger partial charge in [0.2, 0.25) is 0 Å². The molecule has 2 atom stereocenters. The lowest BCUT2D eigenvalue weighted by Gasteiger charge is -2.43. The number of aromatic nitrogens is 1. The van der Waals surface area contributed by atoms with Crippen LogP contribution in [0, 0.1) is 39.5 Å². The van der Waals surface area contributed by atoms with E-state index in [2.05, 4.69) is 61.3 Å². The lowest BCUT2D eigenvalue weighted by molar-refractivity contribution is 0.0868. The molecule has 31 heavy (non-hydrogen) atoms. The van der Waals surface area contributed by atoms with Gasteiger partial charge in [-0.25, -0.2) is 0 Å². The van der Waals surface area contributed by atoms with Crippen molar-refractivity contribution >= 4 is 5.69 Å². The van der Waals surface area contributed by atoms with E-state index >= 15 is 0 Å². The lowest BCUT2D eigenvalue weighted by atomic mass is 9.75. The quantitative estimate of drug-likeness (QED) is 0.506. The number of fused-ring (bicyclic) bond motifs is 1. The van der Waals surface area contributed by atoms with Crippen LogP contribution in [0.2, 0.25) is 0 Å². The van der Waals surface area contributed by atoms with Crippen LogP contribution in [0.25, 0.3) is 11.1 Å². The topological polar surface area (TPSA) is 58.3 Å². The maximum Gasteiger partial charge on any atom is 0.141 e. The van der Waals surface area contributed by atoms with Gasteiger partial charge in [-0.3, -0.25) is 0 Å². The van der Waals surface area contributed by atoms with Gasteiger partial charge in [0.15, 0.2) is 0 Å². The Hall–Kier alpha value is -3.03. The summed E-state index contributed by atoms with van der Waals surface area (Å²) in [6, 6.07) is 10.4. The van der Waals surface area contributed by atoms with Crippen molar-refractivity contribution in [2.45, 2.75) is 66.0 Å². The average Bonchev–Trinajstić information content (AvgIpc) is 3.04. The van der Waals surface area contributed by atoms with Crippen LogP contribution in [0.3, 0.4) is 0 Å². The van der Waals surface area contributed by atoms with E-state index in [1.807, 2.05) is 39.8 Å². The molecule has 2 N–H and O–H groups in total. The van der Waals surface area contributed by atoms with Crippen LogP contribution in [0.5, 0.6) is 0 Å². The highest BCUT2D eigenvalue weighted by molar-refractivity contribution is 5.83.